The number of nitrogens with zero attached hydrogens (tertiary/aromatic N) is 1. The van der Waals surface area contributed by atoms with Crippen LogP contribution < -0.4 is 4.90 Å². The highest BCUT2D eigenvalue weighted by molar-refractivity contribution is 5.47. The molecule has 1 atom stereocenters. The van der Waals surface area contributed by atoms with Crippen LogP contribution in [-0.2, 0) is 0 Å². The van der Waals surface area contributed by atoms with Crippen LogP contribution >= 0.6 is 0 Å². The number of anilines is 1. The van der Waals surface area contributed by atoms with E-state index in [9.17, 15) is 5.11 Å². The number of aliphatic hydroxyl groups is 1. The first kappa shape index (κ1) is 13.8. The molecule has 0 unspecified atom stereocenters. The van der Waals surface area contributed by atoms with Crippen molar-refractivity contribution in [2.45, 2.75) is 32.3 Å². The average molecular weight is 233 g/mol. The normalized spacial score (nSPS) is 12.2. The van der Waals surface area contributed by atoms with Crippen molar-refractivity contribution in [3.63, 3.8) is 0 Å². The zero-order chi connectivity index (χ0) is 12.7. The van der Waals surface area contributed by atoms with Crippen LogP contribution in [-0.4, -0.2) is 18.7 Å². The first-order chi connectivity index (χ1) is 8.19. The van der Waals surface area contributed by atoms with E-state index in [1.54, 1.807) is 0 Å². The minimum absolute atomic E-state index is 0.338. The Morgan fingerprint density at radius 2 is 2.00 bits per heavy atom. The van der Waals surface area contributed by atoms with Gasteiger partial charge in [-0.15, -0.1) is 6.58 Å². The SMILES string of the molecule is C=CCCCN(C)c1ccc([C@@H](O)CC)cc1. The van der Waals surface area contributed by atoms with Gasteiger partial charge in [0.1, 0.15) is 0 Å². The summed E-state index contributed by atoms with van der Waals surface area (Å²) in [5.74, 6) is 0. The van der Waals surface area contributed by atoms with E-state index in [0.29, 0.717) is 0 Å². The monoisotopic (exact) mass is 233 g/mol. The molecule has 2 nitrogen and oxygen atoms in total. The van der Waals surface area contributed by atoms with Gasteiger partial charge in [0, 0.05) is 19.3 Å². The van der Waals surface area contributed by atoms with Crippen LogP contribution in [0.15, 0.2) is 36.9 Å². The zero-order valence-electron chi connectivity index (χ0n) is 10.9. The molecule has 0 heterocycles. The molecule has 0 aliphatic rings. The maximum absolute atomic E-state index is 9.71. The summed E-state index contributed by atoms with van der Waals surface area (Å²) >= 11 is 0. The topological polar surface area (TPSA) is 23.5 Å². The summed E-state index contributed by atoms with van der Waals surface area (Å²) in [4.78, 5) is 2.23. The van der Waals surface area contributed by atoms with Crippen LogP contribution in [0.2, 0.25) is 0 Å². The van der Waals surface area contributed by atoms with Crippen LogP contribution in [0.3, 0.4) is 0 Å². The lowest BCUT2D eigenvalue weighted by atomic mass is 10.1. The van der Waals surface area contributed by atoms with Crippen molar-refractivity contribution < 1.29 is 5.11 Å². The zero-order valence-corrected chi connectivity index (χ0v) is 10.9. The lowest BCUT2D eigenvalue weighted by molar-refractivity contribution is 0.173. The van der Waals surface area contributed by atoms with E-state index in [0.717, 1.165) is 31.4 Å². The summed E-state index contributed by atoms with van der Waals surface area (Å²) < 4.78 is 0. The first-order valence-electron chi connectivity index (χ1n) is 6.29. The van der Waals surface area contributed by atoms with Crippen molar-refractivity contribution in [2.24, 2.45) is 0 Å². The van der Waals surface area contributed by atoms with E-state index in [-0.39, 0.29) is 6.10 Å². The summed E-state index contributed by atoms with van der Waals surface area (Å²) in [7, 11) is 2.09. The van der Waals surface area contributed by atoms with Gasteiger partial charge >= 0.3 is 0 Å². The molecule has 1 aromatic carbocycles. The second-order valence-corrected chi connectivity index (χ2v) is 4.37. The van der Waals surface area contributed by atoms with E-state index in [2.05, 4.69) is 30.7 Å². The summed E-state index contributed by atoms with van der Waals surface area (Å²) in [5, 5.41) is 9.71. The molecule has 0 aliphatic carbocycles. The molecule has 1 aromatic rings. The largest absolute Gasteiger partial charge is 0.388 e. The maximum Gasteiger partial charge on any atom is 0.0787 e. The second-order valence-electron chi connectivity index (χ2n) is 4.37. The average Bonchev–Trinajstić information content (AvgIpc) is 2.38. The highest BCUT2D eigenvalue weighted by atomic mass is 16.3. The van der Waals surface area contributed by atoms with Gasteiger partial charge in [-0.2, -0.15) is 0 Å². The third kappa shape index (κ3) is 4.23. The van der Waals surface area contributed by atoms with Gasteiger partial charge in [0.2, 0.25) is 0 Å². The molecule has 0 radical (unpaired) electrons. The lowest BCUT2D eigenvalue weighted by Crippen LogP contribution is -2.18. The molecule has 0 spiro atoms. The highest BCUT2D eigenvalue weighted by Crippen LogP contribution is 2.20. The van der Waals surface area contributed by atoms with Crippen molar-refractivity contribution in [3.05, 3.63) is 42.5 Å². The van der Waals surface area contributed by atoms with E-state index >= 15 is 0 Å². The van der Waals surface area contributed by atoms with Gasteiger partial charge in [0.25, 0.3) is 0 Å². The number of hydrogen-bond donors (Lipinski definition) is 1. The van der Waals surface area contributed by atoms with Crippen molar-refractivity contribution in [1.29, 1.82) is 0 Å². The van der Waals surface area contributed by atoms with Gasteiger partial charge in [0.05, 0.1) is 6.10 Å². The molecule has 0 saturated heterocycles. The molecule has 0 fully saturated rings. The Morgan fingerprint density at radius 1 is 1.35 bits per heavy atom. The molecule has 0 bridgehead atoms. The Labute approximate surface area is 105 Å². The van der Waals surface area contributed by atoms with E-state index in [1.807, 2.05) is 25.1 Å². The summed E-state index contributed by atoms with van der Waals surface area (Å²) in [6, 6.07) is 8.16. The van der Waals surface area contributed by atoms with Crippen molar-refractivity contribution >= 4 is 5.69 Å². The Morgan fingerprint density at radius 3 is 2.53 bits per heavy atom. The van der Waals surface area contributed by atoms with Crippen molar-refractivity contribution in [2.75, 3.05) is 18.5 Å². The van der Waals surface area contributed by atoms with Gasteiger partial charge in [-0.3, -0.25) is 0 Å². The molecule has 1 N–H and O–H groups in total. The summed E-state index contributed by atoms with van der Waals surface area (Å²) in [6.07, 6.45) is 4.55. The number of unbranched alkanes of at least 4 members (excludes halogenated alkanes) is 1. The van der Waals surface area contributed by atoms with Crippen molar-refractivity contribution in [3.8, 4) is 0 Å². The number of benzene rings is 1. The summed E-state index contributed by atoms with van der Waals surface area (Å²) in [6.45, 7) is 6.74. The third-order valence-corrected chi connectivity index (χ3v) is 3.01. The molecule has 94 valence electrons. The van der Waals surface area contributed by atoms with E-state index < -0.39 is 0 Å². The van der Waals surface area contributed by atoms with E-state index in [4.69, 9.17) is 0 Å². The molecule has 0 saturated carbocycles. The predicted octanol–water partition coefficient (Wildman–Crippen LogP) is 3.53. The number of rotatable bonds is 7. The smallest absolute Gasteiger partial charge is 0.0787 e. The van der Waals surface area contributed by atoms with Crippen LogP contribution in [0, 0.1) is 0 Å². The minimum atomic E-state index is -0.338. The van der Waals surface area contributed by atoms with Gasteiger partial charge in [0.15, 0.2) is 0 Å². The van der Waals surface area contributed by atoms with Gasteiger partial charge in [-0.05, 0) is 37.0 Å². The van der Waals surface area contributed by atoms with Crippen LogP contribution in [0.5, 0.6) is 0 Å². The van der Waals surface area contributed by atoms with Crippen LogP contribution in [0.4, 0.5) is 5.69 Å². The molecule has 1 rings (SSSR count). The second kappa shape index (κ2) is 7.13. The molecule has 0 aliphatic heterocycles. The minimum Gasteiger partial charge on any atom is -0.388 e. The maximum atomic E-state index is 9.71. The number of allylic oxidation sites excluding steroid dienone is 1. The predicted molar refractivity (Wildman–Crippen MR) is 74.4 cm³/mol. The fourth-order valence-corrected chi connectivity index (χ4v) is 1.79. The van der Waals surface area contributed by atoms with Gasteiger partial charge in [-0.1, -0.05) is 25.1 Å². The summed E-state index contributed by atoms with van der Waals surface area (Å²) in [5.41, 5.74) is 2.19. The molecule has 0 aromatic heterocycles. The Bertz CT molecular complexity index is 331. The van der Waals surface area contributed by atoms with Crippen molar-refractivity contribution in [1.82, 2.24) is 0 Å². The Hall–Kier alpha value is -1.28. The van der Waals surface area contributed by atoms with E-state index in [1.165, 1.54) is 5.69 Å². The van der Waals surface area contributed by atoms with Gasteiger partial charge in [-0.25, -0.2) is 0 Å². The molecule has 0 amide bonds. The Balaban J connectivity index is 2.57. The first-order valence-corrected chi connectivity index (χ1v) is 6.29. The highest BCUT2D eigenvalue weighted by Gasteiger charge is 2.05. The third-order valence-electron chi connectivity index (χ3n) is 3.01. The van der Waals surface area contributed by atoms with Crippen LogP contribution in [0.25, 0.3) is 0 Å². The molecular weight excluding hydrogens is 210 g/mol. The van der Waals surface area contributed by atoms with Gasteiger partial charge < -0.3 is 10.0 Å². The fourth-order valence-electron chi connectivity index (χ4n) is 1.79. The molecule has 2 heteroatoms. The lowest BCUT2D eigenvalue weighted by Gasteiger charge is -2.19. The molecule has 17 heavy (non-hydrogen) atoms. The number of aliphatic hydroxyl groups excluding tert-OH is 1. The van der Waals surface area contributed by atoms with Crippen LogP contribution in [0.1, 0.15) is 37.9 Å². The Kier molecular flexibility index (Phi) is 5.78. The standard InChI is InChI=1S/C15H23NO/c1-4-6-7-12-16(3)14-10-8-13(9-11-14)15(17)5-2/h4,8-11,15,17H,1,5-7,12H2,2-3H3/t15-/m0/s1. The fraction of sp³-hybridized carbons (Fsp3) is 0.467. The molecular formula is C15H23NO. The number of hydrogen-bond acceptors (Lipinski definition) is 2. The quantitative estimate of drug-likeness (QED) is 0.575.